The van der Waals surface area contributed by atoms with E-state index in [1.165, 1.54) is 0 Å². The molecular formula is C20H34N2O4. The van der Waals surface area contributed by atoms with E-state index in [1.807, 2.05) is 34.6 Å². The maximum absolute atomic E-state index is 12.3. The molecule has 0 spiro atoms. The minimum absolute atomic E-state index is 0.0491. The second kappa shape index (κ2) is 8.80. The van der Waals surface area contributed by atoms with Crippen LogP contribution in [-0.2, 0) is 14.3 Å². The Labute approximate surface area is 156 Å². The van der Waals surface area contributed by atoms with Gasteiger partial charge in [-0.15, -0.1) is 0 Å². The van der Waals surface area contributed by atoms with Crippen molar-refractivity contribution in [3.05, 3.63) is 11.3 Å². The fourth-order valence-electron chi connectivity index (χ4n) is 3.00. The van der Waals surface area contributed by atoms with Crippen molar-refractivity contribution in [3.8, 4) is 0 Å². The van der Waals surface area contributed by atoms with Crippen molar-refractivity contribution in [2.75, 3.05) is 6.54 Å². The fraction of sp³-hybridized carbons (Fsp3) is 0.750. The van der Waals surface area contributed by atoms with Gasteiger partial charge in [-0.2, -0.15) is 0 Å². The highest BCUT2D eigenvalue weighted by Gasteiger charge is 2.33. The zero-order valence-electron chi connectivity index (χ0n) is 17.0. The SMILES string of the molecule is CC(=NCCCC[C@H](N)C(=O)OC(C)(C)C)C1=C(O)CC(C)(C)CC1=O. The molecule has 0 aliphatic heterocycles. The van der Waals surface area contributed by atoms with Gasteiger partial charge in [-0.3, -0.25) is 14.6 Å². The number of esters is 1. The Kier molecular flexibility index (Phi) is 7.57. The van der Waals surface area contributed by atoms with Crippen molar-refractivity contribution in [1.29, 1.82) is 0 Å². The molecule has 6 heteroatoms. The number of aliphatic hydroxyl groups is 1. The largest absolute Gasteiger partial charge is 0.511 e. The number of carbonyl (C=O) groups is 2. The molecule has 0 aromatic heterocycles. The van der Waals surface area contributed by atoms with Crippen LogP contribution in [0.1, 0.15) is 73.6 Å². The monoisotopic (exact) mass is 366 g/mol. The lowest BCUT2D eigenvalue weighted by Crippen LogP contribution is -2.37. The highest BCUT2D eigenvalue weighted by Crippen LogP contribution is 2.36. The molecule has 3 N–H and O–H groups in total. The van der Waals surface area contributed by atoms with Gasteiger partial charge in [0.1, 0.15) is 17.4 Å². The third-order valence-electron chi connectivity index (χ3n) is 4.20. The minimum Gasteiger partial charge on any atom is -0.511 e. The summed E-state index contributed by atoms with van der Waals surface area (Å²) in [5, 5.41) is 10.2. The second-order valence-corrected chi connectivity index (χ2v) is 8.87. The Balaban J connectivity index is 2.47. The molecule has 0 heterocycles. The fourth-order valence-corrected chi connectivity index (χ4v) is 3.00. The summed E-state index contributed by atoms with van der Waals surface area (Å²) in [6.07, 6.45) is 2.94. The number of ketones is 1. The molecule has 1 aliphatic rings. The first-order valence-corrected chi connectivity index (χ1v) is 9.27. The standard InChI is InChI=1S/C20H34N2O4/c1-13(17-15(23)11-20(5,6)12-16(17)24)22-10-8-7-9-14(21)18(25)26-19(2,3)4/h14,23H,7-12,21H2,1-6H3/t14-/m0/s1. The number of hydrogen-bond donors (Lipinski definition) is 2. The number of rotatable bonds is 7. The van der Waals surface area contributed by atoms with Crippen LogP contribution in [0.25, 0.3) is 0 Å². The van der Waals surface area contributed by atoms with Crippen LogP contribution in [0.5, 0.6) is 0 Å². The molecule has 1 rings (SSSR count). The van der Waals surface area contributed by atoms with Crippen molar-refractivity contribution in [2.45, 2.75) is 85.3 Å². The first-order valence-electron chi connectivity index (χ1n) is 9.27. The number of unbranched alkanes of at least 4 members (excludes halogenated alkanes) is 1. The van der Waals surface area contributed by atoms with Crippen LogP contribution in [0.4, 0.5) is 0 Å². The molecule has 26 heavy (non-hydrogen) atoms. The van der Waals surface area contributed by atoms with Gasteiger partial charge >= 0.3 is 5.97 Å². The number of aliphatic hydroxyl groups excluding tert-OH is 1. The van der Waals surface area contributed by atoms with Gasteiger partial charge < -0.3 is 15.6 Å². The first-order chi connectivity index (χ1) is 11.8. The number of hydrogen-bond acceptors (Lipinski definition) is 6. The summed E-state index contributed by atoms with van der Waals surface area (Å²) in [6.45, 7) is 11.7. The lowest BCUT2D eigenvalue weighted by molar-refractivity contribution is -0.156. The molecule has 0 unspecified atom stereocenters. The van der Waals surface area contributed by atoms with E-state index in [2.05, 4.69) is 4.99 Å². The molecule has 148 valence electrons. The summed E-state index contributed by atoms with van der Waals surface area (Å²) < 4.78 is 5.25. The Morgan fingerprint density at radius 2 is 1.92 bits per heavy atom. The van der Waals surface area contributed by atoms with Gasteiger partial charge in [0.2, 0.25) is 0 Å². The summed E-state index contributed by atoms with van der Waals surface area (Å²) in [4.78, 5) is 28.5. The number of Topliss-reactive ketones (excluding diaryl/α,β-unsaturated/α-hetero) is 1. The topological polar surface area (TPSA) is 102 Å². The Bertz CT molecular complexity index is 597. The second-order valence-electron chi connectivity index (χ2n) is 8.87. The third kappa shape index (κ3) is 7.28. The molecule has 0 amide bonds. The van der Waals surface area contributed by atoms with E-state index in [9.17, 15) is 14.7 Å². The summed E-state index contributed by atoms with van der Waals surface area (Å²) >= 11 is 0. The maximum Gasteiger partial charge on any atom is 0.323 e. The number of aliphatic imine (C=N–C) groups is 1. The lowest BCUT2D eigenvalue weighted by Gasteiger charge is -2.29. The summed E-state index contributed by atoms with van der Waals surface area (Å²) in [5.41, 5.74) is 6.06. The van der Waals surface area contributed by atoms with E-state index < -0.39 is 11.6 Å². The average molecular weight is 367 g/mol. The van der Waals surface area contributed by atoms with E-state index in [-0.39, 0.29) is 22.9 Å². The van der Waals surface area contributed by atoms with Crippen molar-refractivity contribution in [3.63, 3.8) is 0 Å². The average Bonchev–Trinajstić information content (AvgIpc) is 2.42. The number of nitrogens with two attached hydrogens (primary N) is 1. The van der Waals surface area contributed by atoms with Gasteiger partial charge in [-0.05, 0) is 52.4 Å². The van der Waals surface area contributed by atoms with Crippen molar-refractivity contribution in [2.24, 2.45) is 16.1 Å². The summed E-state index contributed by atoms with van der Waals surface area (Å²) in [6, 6.07) is -0.631. The number of allylic oxidation sites excluding steroid dienone is 2. The Morgan fingerprint density at radius 1 is 1.31 bits per heavy atom. The predicted octanol–water partition coefficient (Wildman–Crippen LogP) is 3.49. The smallest absolute Gasteiger partial charge is 0.323 e. The number of nitrogens with zero attached hydrogens (tertiary/aromatic N) is 1. The van der Waals surface area contributed by atoms with Crippen LogP contribution in [0.15, 0.2) is 16.3 Å². The normalized spacial score (nSPS) is 19.5. The van der Waals surface area contributed by atoms with Gasteiger partial charge in [0, 0.05) is 25.1 Å². The molecule has 0 bridgehead atoms. The van der Waals surface area contributed by atoms with E-state index in [1.54, 1.807) is 6.92 Å². The van der Waals surface area contributed by atoms with E-state index >= 15 is 0 Å². The van der Waals surface area contributed by atoms with Crippen molar-refractivity contribution >= 4 is 17.5 Å². The molecule has 0 saturated heterocycles. The van der Waals surface area contributed by atoms with E-state index in [4.69, 9.17) is 10.5 Å². The lowest BCUT2D eigenvalue weighted by atomic mass is 9.76. The van der Waals surface area contributed by atoms with Crippen molar-refractivity contribution < 1.29 is 19.4 Å². The third-order valence-corrected chi connectivity index (χ3v) is 4.20. The molecule has 0 saturated carbocycles. The van der Waals surface area contributed by atoms with Crippen LogP contribution in [-0.4, -0.2) is 40.8 Å². The van der Waals surface area contributed by atoms with Gasteiger partial charge in [-0.25, -0.2) is 0 Å². The van der Waals surface area contributed by atoms with Crippen LogP contribution in [0.3, 0.4) is 0 Å². The van der Waals surface area contributed by atoms with Gasteiger partial charge in [0.05, 0.1) is 5.57 Å². The highest BCUT2D eigenvalue weighted by molar-refractivity contribution is 6.22. The zero-order chi connectivity index (χ0) is 20.1. The summed E-state index contributed by atoms with van der Waals surface area (Å²) in [5.74, 6) is -0.297. The molecule has 0 aromatic rings. The van der Waals surface area contributed by atoms with Gasteiger partial charge in [0.25, 0.3) is 0 Å². The Morgan fingerprint density at radius 3 is 2.46 bits per heavy atom. The van der Waals surface area contributed by atoms with E-state index in [0.29, 0.717) is 37.1 Å². The maximum atomic E-state index is 12.3. The molecule has 0 fully saturated rings. The van der Waals surface area contributed by atoms with Crippen LogP contribution >= 0.6 is 0 Å². The zero-order valence-corrected chi connectivity index (χ0v) is 17.0. The van der Waals surface area contributed by atoms with Gasteiger partial charge in [0.15, 0.2) is 5.78 Å². The number of carbonyl (C=O) groups excluding carboxylic acids is 2. The van der Waals surface area contributed by atoms with Crippen LogP contribution in [0, 0.1) is 5.41 Å². The number of ether oxygens (including phenoxy) is 1. The van der Waals surface area contributed by atoms with Crippen LogP contribution in [0.2, 0.25) is 0 Å². The molecule has 1 aliphatic carbocycles. The van der Waals surface area contributed by atoms with Gasteiger partial charge in [-0.1, -0.05) is 13.8 Å². The highest BCUT2D eigenvalue weighted by atomic mass is 16.6. The summed E-state index contributed by atoms with van der Waals surface area (Å²) in [7, 11) is 0. The molecule has 0 aromatic carbocycles. The van der Waals surface area contributed by atoms with E-state index in [0.717, 1.165) is 12.8 Å². The van der Waals surface area contributed by atoms with Crippen LogP contribution < -0.4 is 5.73 Å². The minimum atomic E-state index is -0.631. The first kappa shape index (κ1) is 22.4. The Hall–Kier alpha value is -1.69. The molecule has 1 atom stereocenters. The van der Waals surface area contributed by atoms with Crippen molar-refractivity contribution in [1.82, 2.24) is 0 Å². The quantitative estimate of drug-likeness (QED) is 0.408. The predicted molar refractivity (Wildman–Crippen MR) is 103 cm³/mol. The molecule has 0 radical (unpaired) electrons. The molecular weight excluding hydrogens is 332 g/mol. The molecule has 6 nitrogen and oxygen atoms in total.